The number of imidazole rings is 1. The van der Waals surface area contributed by atoms with Crippen molar-refractivity contribution < 1.29 is 18.3 Å². The maximum Gasteiger partial charge on any atom is 0.271 e. The number of methoxy groups -OCH3 is 1. The van der Waals surface area contributed by atoms with Crippen molar-refractivity contribution in [3.05, 3.63) is 66.3 Å². The van der Waals surface area contributed by atoms with Crippen molar-refractivity contribution in [1.29, 1.82) is 0 Å². The average Bonchev–Trinajstić information content (AvgIpc) is 3.30. The summed E-state index contributed by atoms with van der Waals surface area (Å²) in [7, 11) is 3.54. The smallest absolute Gasteiger partial charge is 0.271 e. The third kappa shape index (κ3) is 5.75. The summed E-state index contributed by atoms with van der Waals surface area (Å²) in [4.78, 5) is 29.9. The van der Waals surface area contributed by atoms with Crippen LogP contribution >= 0.6 is 0 Å². The number of anilines is 3. The van der Waals surface area contributed by atoms with Gasteiger partial charge in [-0.15, -0.1) is 0 Å². The SMILES string of the molecule is C=C(C(=O)Nc1ccc(OC)c(Nc2ncc(F)c(-c3cc(F)c4nc(C)n(C(C)C)c4c3)n2)c1)N1CCN(C)CC1. The Morgan fingerprint density at radius 3 is 2.50 bits per heavy atom. The average molecular weight is 577 g/mol. The molecule has 0 bridgehead atoms. The van der Waals surface area contributed by atoms with Crippen molar-refractivity contribution in [3.63, 3.8) is 0 Å². The number of likely N-dealkylation sites (N-methyl/N-ethyl adjacent to an activating group) is 1. The Morgan fingerprint density at radius 1 is 1.07 bits per heavy atom. The van der Waals surface area contributed by atoms with Gasteiger partial charge in [0.2, 0.25) is 5.95 Å². The molecule has 10 nitrogen and oxygen atoms in total. The Balaban J connectivity index is 1.42. The van der Waals surface area contributed by atoms with E-state index >= 15 is 8.78 Å². The number of ether oxygens (including phenoxy) is 1. The summed E-state index contributed by atoms with van der Waals surface area (Å²) in [5, 5.41) is 5.92. The van der Waals surface area contributed by atoms with Crippen LogP contribution in [0.3, 0.4) is 0 Å². The van der Waals surface area contributed by atoms with Crippen molar-refractivity contribution in [2.75, 3.05) is 51.0 Å². The lowest BCUT2D eigenvalue weighted by Gasteiger charge is -2.34. The van der Waals surface area contributed by atoms with Crippen molar-refractivity contribution in [2.24, 2.45) is 0 Å². The summed E-state index contributed by atoms with van der Waals surface area (Å²) in [6, 6.07) is 7.97. The molecule has 2 aromatic heterocycles. The van der Waals surface area contributed by atoms with Crippen molar-refractivity contribution in [1.82, 2.24) is 29.3 Å². The van der Waals surface area contributed by atoms with Crippen LogP contribution in [-0.2, 0) is 4.79 Å². The Bertz CT molecular complexity index is 1660. The first kappa shape index (κ1) is 28.9. The molecule has 1 fully saturated rings. The Hall–Kier alpha value is -4.58. The summed E-state index contributed by atoms with van der Waals surface area (Å²) < 4.78 is 37.5. The van der Waals surface area contributed by atoms with Crippen molar-refractivity contribution in [2.45, 2.75) is 26.8 Å². The van der Waals surface area contributed by atoms with Gasteiger partial charge >= 0.3 is 0 Å². The summed E-state index contributed by atoms with van der Waals surface area (Å²) in [6.07, 6.45) is 1.02. The highest BCUT2D eigenvalue weighted by Gasteiger charge is 2.21. The summed E-state index contributed by atoms with van der Waals surface area (Å²) in [5.41, 5.74) is 2.26. The molecule has 2 aromatic carbocycles. The van der Waals surface area contributed by atoms with Crippen LogP contribution in [0.2, 0.25) is 0 Å². The van der Waals surface area contributed by atoms with Gasteiger partial charge in [0, 0.05) is 43.5 Å². The summed E-state index contributed by atoms with van der Waals surface area (Å²) in [5.74, 6) is -0.423. The van der Waals surface area contributed by atoms with E-state index in [2.05, 4.69) is 37.1 Å². The standard InChI is InChI=1S/C30H34F2N8O2/c1-17(2)40-19(4)34-28-22(31)13-20(14-25(28)40)27-23(32)16-33-30(37-27)36-24-15-21(7-8-26(24)42-6)35-29(41)18(3)39-11-9-38(5)10-12-39/h7-8,13-17H,3,9-12H2,1-2,4-6H3,(H,35,41)(H,33,36,37). The number of benzene rings is 2. The maximum atomic E-state index is 15.1. The molecule has 4 aromatic rings. The molecule has 1 amide bonds. The molecular weight excluding hydrogens is 542 g/mol. The van der Waals surface area contributed by atoms with E-state index in [1.54, 1.807) is 31.2 Å². The van der Waals surface area contributed by atoms with Gasteiger partial charge < -0.3 is 29.7 Å². The number of rotatable bonds is 8. The fraction of sp³-hybridized carbons (Fsp3) is 0.333. The number of nitrogens with one attached hydrogen (secondary N) is 2. The van der Waals surface area contributed by atoms with Crippen molar-refractivity contribution >= 4 is 34.3 Å². The van der Waals surface area contributed by atoms with E-state index in [4.69, 9.17) is 4.74 Å². The van der Waals surface area contributed by atoms with Gasteiger partial charge in [0.05, 0.1) is 30.2 Å². The first-order valence-corrected chi connectivity index (χ1v) is 13.7. The predicted molar refractivity (Wildman–Crippen MR) is 159 cm³/mol. The Kier molecular flexibility index (Phi) is 8.08. The third-order valence-corrected chi connectivity index (χ3v) is 7.31. The zero-order valence-corrected chi connectivity index (χ0v) is 24.3. The third-order valence-electron chi connectivity index (χ3n) is 7.31. The minimum absolute atomic E-state index is 0.0241. The van der Waals surface area contributed by atoms with Gasteiger partial charge in [0.25, 0.3) is 5.91 Å². The summed E-state index contributed by atoms with van der Waals surface area (Å²) in [6.45, 7) is 12.9. The number of aromatic nitrogens is 4. The molecule has 0 spiro atoms. The van der Waals surface area contributed by atoms with Gasteiger partial charge in [-0.3, -0.25) is 4.79 Å². The van der Waals surface area contributed by atoms with E-state index in [9.17, 15) is 4.79 Å². The quantitative estimate of drug-likeness (QED) is 0.279. The second-order valence-electron chi connectivity index (χ2n) is 10.6. The zero-order chi connectivity index (χ0) is 30.1. The van der Waals surface area contributed by atoms with Gasteiger partial charge in [-0.2, -0.15) is 0 Å². The fourth-order valence-corrected chi connectivity index (χ4v) is 5.11. The largest absolute Gasteiger partial charge is 0.495 e. The van der Waals surface area contributed by atoms with E-state index in [-0.39, 0.29) is 34.7 Å². The van der Waals surface area contributed by atoms with Crippen LogP contribution in [0.15, 0.2) is 48.8 Å². The van der Waals surface area contributed by atoms with E-state index in [0.717, 1.165) is 32.4 Å². The molecule has 0 radical (unpaired) electrons. The van der Waals surface area contributed by atoms with Gasteiger partial charge in [-0.25, -0.2) is 23.7 Å². The van der Waals surface area contributed by atoms with Crippen molar-refractivity contribution in [3.8, 4) is 17.0 Å². The predicted octanol–water partition coefficient (Wildman–Crippen LogP) is 5.11. The minimum atomic E-state index is -0.706. The number of nitrogens with zero attached hydrogens (tertiary/aromatic N) is 6. The molecule has 0 aliphatic carbocycles. The first-order chi connectivity index (χ1) is 20.0. The fourth-order valence-electron chi connectivity index (χ4n) is 5.11. The molecule has 3 heterocycles. The van der Waals surface area contributed by atoms with E-state index in [1.807, 2.05) is 30.4 Å². The Labute approximate surface area is 243 Å². The highest BCUT2D eigenvalue weighted by molar-refractivity contribution is 6.03. The number of aryl methyl sites for hydroxylation is 1. The lowest BCUT2D eigenvalue weighted by molar-refractivity contribution is -0.114. The lowest BCUT2D eigenvalue weighted by Crippen LogP contribution is -2.45. The molecule has 12 heteroatoms. The van der Waals surface area contributed by atoms with E-state index < -0.39 is 11.6 Å². The second kappa shape index (κ2) is 11.7. The number of amides is 1. The maximum absolute atomic E-state index is 15.1. The summed E-state index contributed by atoms with van der Waals surface area (Å²) >= 11 is 0. The van der Waals surface area contributed by atoms with E-state index in [1.165, 1.54) is 13.2 Å². The molecule has 5 rings (SSSR count). The number of halogens is 2. The highest BCUT2D eigenvalue weighted by Crippen LogP contribution is 2.33. The Morgan fingerprint density at radius 2 is 1.81 bits per heavy atom. The number of hydrogen-bond acceptors (Lipinski definition) is 8. The van der Waals surface area contributed by atoms with Crippen LogP contribution in [-0.4, -0.2) is 75.6 Å². The topological polar surface area (TPSA) is 100 Å². The minimum Gasteiger partial charge on any atom is -0.495 e. The van der Waals surface area contributed by atoms with Crippen LogP contribution in [0, 0.1) is 18.6 Å². The zero-order valence-electron chi connectivity index (χ0n) is 24.3. The van der Waals surface area contributed by atoms with Crippen LogP contribution in [0.1, 0.15) is 25.7 Å². The van der Waals surface area contributed by atoms with Crippen LogP contribution < -0.4 is 15.4 Å². The molecular formula is C30H34F2N8O2. The van der Waals surface area contributed by atoms with Crippen LogP contribution in [0.5, 0.6) is 5.75 Å². The van der Waals surface area contributed by atoms with Gasteiger partial charge in [-0.1, -0.05) is 6.58 Å². The molecule has 2 N–H and O–H groups in total. The molecule has 0 unspecified atom stereocenters. The molecule has 1 aliphatic heterocycles. The monoisotopic (exact) mass is 576 g/mol. The normalized spacial score (nSPS) is 14.0. The molecule has 220 valence electrons. The van der Waals surface area contributed by atoms with Gasteiger partial charge in [-0.05, 0) is 58.2 Å². The molecule has 1 saturated heterocycles. The van der Waals surface area contributed by atoms with Crippen LogP contribution in [0.25, 0.3) is 22.3 Å². The molecule has 0 atom stereocenters. The molecule has 1 aliphatic rings. The highest BCUT2D eigenvalue weighted by atomic mass is 19.1. The molecule has 42 heavy (non-hydrogen) atoms. The number of carbonyl (C=O) groups excluding carboxylic acids is 1. The lowest BCUT2D eigenvalue weighted by atomic mass is 10.1. The number of piperazine rings is 1. The molecule has 0 saturated carbocycles. The van der Waals surface area contributed by atoms with Crippen LogP contribution in [0.4, 0.5) is 26.1 Å². The second-order valence-corrected chi connectivity index (χ2v) is 10.6. The van der Waals surface area contributed by atoms with E-state index in [0.29, 0.717) is 34.2 Å². The number of fused-ring (bicyclic) bond motifs is 1. The number of hydrogen-bond donors (Lipinski definition) is 2. The van der Waals surface area contributed by atoms with Gasteiger partial charge in [0.1, 0.15) is 22.8 Å². The van der Waals surface area contributed by atoms with Gasteiger partial charge in [0.15, 0.2) is 11.6 Å². The first-order valence-electron chi connectivity index (χ1n) is 13.7. The number of carbonyl (C=O) groups is 1.